The molecule has 0 aliphatic heterocycles. The van der Waals surface area contributed by atoms with Gasteiger partial charge in [0.25, 0.3) is 0 Å². The fourth-order valence-electron chi connectivity index (χ4n) is 3.57. The Kier molecular flexibility index (Phi) is 9.64. The standard InChI is InChI=1S/C22H32N6O.HI/c1-17-20(18(2)28(26-17)14-15-29-4)16-25-22(23-3)24-11-7-12-27-13-10-19-8-5-6-9-21(19)27;/h5-6,8-10,13H,7,11-12,14-16H2,1-4H3,(H2,23,24,25);1H. The van der Waals surface area contributed by atoms with Crippen molar-refractivity contribution in [2.45, 2.75) is 39.9 Å². The summed E-state index contributed by atoms with van der Waals surface area (Å²) in [6.45, 7) is 8.11. The second kappa shape index (κ2) is 11.9. The molecule has 3 rings (SSSR count). The van der Waals surface area contributed by atoms with E-state index in [1.807, 2.05) is 11.6 Å². The molecule has 0 spiro atoms. The minimum atomic E-state index is 0. The summed E-state index contributed by atoms with van der Waals surface area (Å²) in [7, 11) is 3.51. The predicted molar refractivity (Wildman–Crippen MR) is 134 cm³/mol. The summed E-state index contributed by atoms with van der Waals surface area (Å²) in [5, 5.41) is 12.7. The molecule has 0 unspecified atom stereocenters. The summed E-state index contributed by atoms with van der Waals surface area (Å²) >= 11 is 0. The molecule has 7 nitrogen and oxygen atoms in total. The van der Waals surface area contributed by atoms with Crippen LogP contribution in [0, 0.1) is 13.8 Å². The first-order valence-electron chi connectivity index (χ1n) is 10.1. The second-order valence-electron chi connectivity index (χ2n) is 7.14. The van der Waals surface area contributed by atoms with Gasteiger partial charge in [-0.1, -0.05) is 18.2 Å². The fraction of sp³-hybridized carbons (Fsp3) is 0.455. The van der Waals surface area contributed by atoms with Crippen LogP contribution in [0.25, 0.3) is 10.9 Å². The second-order valence-corrected chi connectivity index (χ2v) is 7.14. The number of hydrogen-bond donors (Lipinski definition) is 2. The summed E-state index contributed by atoms with van der Waals surface area (Å²) in [6.07, 6.45) is 3.18. The van der Waals surface area contributed by atoms with Gasteiger partial charge in [-0.15, -0.1) is 24.0 Å². The number of nitrogens with zero attached hydrogens (tertiary/aromatic N) is 4. The van der Waals surface area contributed by atoms with Gasteiger partial charge in [-0.25, -0.2) is 0 Å². The number of rotatable bonds is 9. The number of guanidine groups is 1. The average molecular weight is 524 g/mol. The molecule has 0 fully saturated rings. The quantitative estimate of drug-likeness (QED) is 0.195. The topological polar surface area (TPSA) is 68.4 Å². The van der Waals surface area contributed by atoms with Crippen LogP contribution >= 0.6 is 24.0 Å². The van der Waals surface area contributed by atoms with E-state index in [4.69, 9.17) is 4.74 Å². The molecule has 0 saturated carbocycles. The molecule has 0 radical (unpaired) electrons. The van der Waals surface area contributed by atoms with Crippen molar-refractivity contribution in [1.29, 1.82) is 0 Å². The Morgan fingerprint density at radius 3 is 2.70 bits per heavy atom. The van der Waals surface area contributed by atoms with Crippen molar-refractivity contribution < 1.29 is 4.74 Å². The van der Waals surface area contributed by atoms with E-state index in [1.54, 1.807) is 14.2 Å². The highest BCUT2D eigenvalue weighted by molar-refractivity contribution is 14.0. The highest BCUT2D eigenvalue weighted by atomic mass is 127. The fourth-order valence-corrected chi connectivity index (χ4v) is 3.57. The maximum Gasteiger partial charge on any atom is 0.191 e. The molecule has 0 aliphatic rings. The molecule has 0 aliphatic carbocycles. The van der Waals surface area contributed by atoms with E-state index in [0.29, 0.717) is 13.2 Å². The van der Waals surface area contributed by atoms with E-state index in [1.165, 1.54) is 22.2 Å². The normalized spacial score (nSPS) is 11.5. The van der Waals surface area contributed by atoms with Crippen molar-refractivity contribution in [2.75, 3.05) is 27.3 Å². The number of para-hydroxylation sites is 1. The van der Waals surface area contributed by atoms with Crippen LogP contribution in [0.1, 0.15) is 23.4 Å². The summed E-state index contributed by atoms with van der Waals surface area (Å²) in [5.41, 5.74) is 4.71. The van der Waals surface area contributed by atoms with Gasteiger partial charge in [0.2, 0.25) is 0 Å². The van der Waals surface area contributed by atoms with E-state index in [2.05, 4.69) is 68.7 Å². The number of halogens is 1. The molecule has 2 heterocycles. The first-order valence-corrected chi connectivity index (χ1v) is 10.1. The molecule has 3 aromatic rings. The first-order chi connectivity index (χ1) is 14.1. The zero-order valence-corrected chi connectivity index (χ0v) is 20.6. The number of methoxy groups -OCH3 is 1. The van der Waals surface area contributed by atoms with Crippen LogP contribution in [0.4, 0.5) is 0 Å². The maximum atomic E-state index is 5.16. The van der Waals surface area contributed by atoms with E-state index < -0.39 is 0 Å². The zero-order valence-electron chi connectivity index (χ0n) is 18.3. The van der Waals surface area contributed by atoms with Crippen molar-refractivity contribution in [3.8, 4) is 0 Å². The number of aliphatic imine (C=N–C) groups is 1. The van der Waals surface area contributed by atoms with Crippen molar-refractivity contribution in [3.05, 3.63) is 53.5 Å². The Hall–Kier alpha value is -2.07. The lowest BCUT2D eigenvalue weighted by Gasteiger charge is -2.13. The molecule has 1 aromatic carbocycles. The number of benzene rings is 1. The van der Waals surface area contributed by atoms with Crippen LogP contribution < -0.4 is 10.6 Å². The van der Waals surface area contributed by atoms with E-state index >= 15 is 0 Å². The largest absolute Gasteiger partial charge is 0.383 e. The number of aryl methyl sites for hydroxylation is 2. The van der Waals surface area contributed by atoms with Gasteiger partial charge in [-0.2, -0.15) is 5.10 Å². The van der Waals surface area contributed by atoms with Crippen LogP contribution in [0.5, 0.6) is 0 Å². The van der Waals surface area contributed by atoms with Crippen molar-refractivity contribution in [1.82, 2.24) is 25.0 Å². The number of fused-ring (bicyclic) bond motifs is 1. The highest BCUT2D eigenvalue weighted by Gasteiger charge is 2.11. The molecular weight excluding hydrogens is 491 g/mol. The van der Waals surface area contributed by atoms with E-state index in [-0.39, 0.29) is 24.0 Å². The Balaban J connectivity index is 0.00000320. The monoisotopic (exact) mass is 524 g/mol. The number of nitrogens with one attached hydrogen (secondary N) is 2. The van der Waals surface area contributed by atoms with Crippen LogP contribution in [-0.4, -0.2) is 47.6 Å². The van der Waals surface area contributed by atoms with Crippen LogP contribution in [0.3, 0.4) is 0 Å². The molecule has 0 amide bonds. The number of hydrogen-bond acceptors (Lipinski definition) is 3. The molecule has 0 bridgehead atoms. The minimum absolute atomic E-state index is 0. The summed E-state index contributed by atoms with van der Waals surface area (Å²) < 4.78 is 9.47. The molecule has 8 heteroatoms. The molecule has 2 aromatic heterocycles. The van der Waals surface area contributed by atoms with E-state index in [9.17, 15) is 0 Å². The van der Waals surface area contributed by atoms with Gasteiger partial charge in [0.05, 0.1) is 18.8 Å². The Bertz CT molecular complexity index is 962. The van der Waals surface area contributed by atoms with Crippen molar-refractivity contribution in [2.24, 2.45) is 4.99 Å². The van der Waals surface area contributed by atoms with Gasteiger partial charge in [-0.3, -0.25) is 9.67 Å². The first kappa shape index (κ1) is 24.2. The lowest BCUT2D eigenvalue weighted by Crippen LogP contribution is -2.37. The molecule has 30 heavy (non-hydrogen) atoms. The van der Waals surface area contributed by atoms with Gasteiger partial charge in [0.1, 0.15) is 0 Å². The molecule has 164 valence electrons. The third-order valence-electron chi connectivity index (χ3n) is 5.24. The van der Waals surface area contributed by atoms with Gasteiger partial charge < -0.3 is 19.9 Å². The zero-order chi connectivity index (χ0) is 20.6. The van der Waals surface area contributed by atoms with Crippen LogP contribution in [0.15, 0.2) is 41.5 Å². The van der Waals surface area contributed by atoms with Gasteiger partial charge >= 0.3 is 0 Å². The van der Waals surface area contributed by atoms with Gasteiger partial charge in [-0.05, 0) is 37.8 Å². The minimum Gasteiger partial charge on any atom is -0.383 e. The smallest absolute Gasteiger partial charge is 0.191 e. The third-order valence-corrected chi connectivity index (χ3v) is 5.24. The van der Waals surface area contributed by atoms with Crippen molar-refractivity contribution in [3.63, 3.8) is 0 Å². The molecule has 0 atom stereocenters. The van der Waals surface area contributed by atoms with Crippen molar-refractivity contribution >= 4 is 40.8 Å². The molecule has 0 saturated heterocycles. The number of ether oxygens (including phenoxy) is 1. The summed E-state index contributed by atoms with van der Waals surface area (Å²) in [5.74, 6) is 0.811. The average Bonchev–Trinajstić information content (AvgIpc) is 3.26. The Labute approximate surface area is 195 Å². The molecular formula is C22H33IN6O. The SMILES string of the molecule is CN=C(NCCCn1ccc2ccccc21)NCc1c(C)nn(CCOC)c1C.I. The summed E-state index contributed by atoms with van der Waals surface area (Å²) in [4.78, 5) is 4.34. The molecule has 2 N–H and O–H groups in total. The van der Waals surface area contributed by atoms with Gasteiger partial charge in [0, 0.05) is 56.8 Å². The van der Waals surface area contributed by atoms with E-state index in [0.717, 1.165) is 37.7 Å². The lowest BCUT2D eigenvalue weighted by atomic mass is 10.2. The lowest BCUT2D eigenvalue weighted by molar-refractivity contribution is 0.182. The highest BCUT2D eigenvalue weighted by Crippen LogP contribution is 2.15. The maximum absolute atomic E-state index is 5.16. The Morgan fingerprint density at radius 2 is 1.93 bits per heavy atom. The van der Waals surface area contributed by atoms with Crippen LogP contribution in [0.2, 0.25) is 0 Å². The predicted octanol–water partition coefficient (Wildman–Crippen LogP) is 3.47. The third kappa shape index (κ3) is 5.98. The van der Waals surface area contributed by atoms with Gasteiger partial charge in [0.15, 0.2) is 5.96 Å². The summed E-state index contributed by atoms with van der Waals surface area (Å²) in [6, 6.07) is 10.7. The Morgan fingerprint density at radius 1 is 1.13 bits per heavy atom. The number of aromatic nitrogens is 3. The van der Waals surface area contributed by atoms with Crippen LogP contribution in [-0.2, 0) is 24.4 Å².